The molecule has 1 N–H and O–H groups in total. The summed E-state index contributed by atoms with van der Waals surface area (Å²) in [6, 6.07) is 9.76. The van der Waals surface area contributed by atoms with Gasteiger partial charge < -0.3 is 10.1 Å². The fourth-order valence-electron chi connectivity index (χ4n) is 1.80. The number of anilines is 1. The summed E-state index contributed by atoms with van der Waals surface area (Å²) in [6.45, 7) is 2.01. The third kappa shape index (κ3) is 3.02. The Labute approximate surface area is 111 Å². The molecular weight excluding hydrogens is 248 g/mol. The molecule has 100 valence electrons. The summed E-state index contributed by atoms with van der Waals surface area (Å²) < 4.78 is 32.4. The maximum absolute atomic E-state index is 13.9. The number of aryl methyl sites for hydroxylation is 1. The fraction of sp³-hybridized carbons (Fsp3) is 0.200. The number of halogens is 2. The first-order valence-corrected chi connectivity index (χ1v) is 5.93. The summed E-state index contributed by atoms with van der Waals surface area (Å²) in [5.74, 6) is -0.586. The first-order valence-electron chi connectivity index (χ1n) is 5.93. The molecule has 0 radical (unpaired) electrons. The van der Waals surface area contributed by atoms with Gasteiger partial charge in [-0.3, -0.25) is 0 Å². The largest absolute Gasteiger partial charge is 0.494 e. The number of rotatable bonds is 4. The zero-order valence-electron chi connectivity index (χ0n) is 10.8. The molecule has 0 aliphatic rings. The number of hydrogen-bond donors (Lipinski definition) is 1. The molecule has 2 nitrogen and oxygen atoms in total. The predicted octanol–water partition coefficient (Wildman–Crippen LogP) is 3.89. The number of methoxy groups -OCH3 is 1. The molecule has 0 amide bonds. The Morgan fingerprint density at radius 1 is 1.16 bits per heavy atom. The van der Waals surface area contributed by atoms with E-state index in [2.05, 4.69) is 5.32 Å². The van der Waals surface area contributed by atoms with Crippen LogP contribution in [0.15, 0.2) is 36.4 Å². The second-order valence-corrected chi connectivity index (χ2v) is 4.27. The molecule has 0 aliphatic heterocycles. The standard InChI is InChI=1S/C15H15F2NO/c1-10-6-7-13(12(16)8-10)18-9-11-4-3-5-14(19-2)15(11)17/h3-8,18H,9H2,1-2H3. The van der Waals surface area contributed by atoms with Crippen LogP contribution in [0.1, 0.15) is 11.1 Å². The summed E-state index contributed by atoms with van der Waals surface area (Å²) in [5, 5.41) is 2.88. The van der Waals surface area contributed by atoms with Gasteiger partial charge in [0.1, 0.15) is 5.82 Å². The quantitative estimate of drug-likeness (QED) is 0.903. The highest BCUT2D eigenvalue weighted by Gasteiger charge is 2.09. The zero-order valence-corrected chi connectivity index (χ0v) is 10.8. The van der Waals surface area contributed by atoms with E-state index in [9.17, 15) is 8.78 Å². The predicted molar refractivity (Wildman–Crippen MR) is 71.4 cm³/mol. The van der Waals surface area contributed by atoms with Crippen molar-refractivity contribution in [2.45, 2.75) is 13.5 Å². The second kappa shape index (κ2) is 5.69. The van der Waals surface area contributed by atoms with Crippen LogP contribution in [0.3, 0.4) is 0 Å². The normalized spacial score (nSPS) is 10.3. The minimum absolute atomic E-state index is 0.184. The van der Waals surface area contributed by atoms with E-state index in [-0.39, 0.29) is 18.1 Å². The second-order valence-electron chi connectivity index (χ2n) is 4.27. The minimum Gasteiger partial charge on any atom is -0.494 e. The van der Waals surface area contributed by atoms with Gasteiger partial charge in [0.15, 0.2) is 11.6 Å². The summed E-state index contributed by atoms with van der Waals surface area (Å²) in [5.41, 5.74) is 1.63. The van der Waals surface area contributed by atoms with Crippen LogP contribution in [0.25, 0.3) is 0 Å². The van der Waals surface area contributed by atoms with E-state index < -0.39 is 5.82 Å². The van der Waals surface area contributed by atoms with E-state index >= 15 is 0 Å². The average Bonchev–Trinajstić information content (AvgIpc) is 2.39. The lowest BCUT2D eigenvalue weighted by atomic mass is 10.1. The number of benzene rings is 2. The van der Waals surface area contributed by atoms with Crippen LogP contribution in [-0.2, 0) is 6.54 Å². The molecule has 0 unspecified atom stereocenters. The Bertz CT molecular complexity index is 584. The lowest BCUT2D eigenvalue weighted by Crippen LogP contribution is -2.04. The highest BCUT2D eigenvalue weighted by atomic mass is 19.1. The van der Waals surface area contributed by atoms with Gasteiger partial charge in [0.25, 0.3) is 0 Å². The molecule has 0 saturated heterocycles. The van der Waals surface area contributed by atoms with Crippen molar-refractivity contribution in [3.8, 4) is 5.75 Å². The fourth-order valence-corrected chi connectivity index (χ4v) is 1.80. The van der Waals surface area contributed by atoms with Gasteiger partial charge in [0, 0.05) is 12.1 Å². The van der Waals surface area contributed by atoms with E-state index in [0.29, 0.717) is 11.3 Å². The van der Waals surface area contributed by atoms with Crippen LogP contribution in [0.4, 0.5) is 14.5 Å². The summed E-state index contributed by atoms with van der Waals surface area (Å²) in [4.78, 5) is 0. The maximum Gasteiger partial charge on any atom is 0.170 e. The van der Waals surface area contributed by atoms with Crippen molar-refractivity contribution < 1.29 is 13.5 Å². The topological polar surface area (TPSA) is 21.3 Å². The Hall–Kier alpha value is -2.10. The summed E-state index contributed by atoms with van der Waals surface area (Å²) >= 11 is 0. The van der Waals surface area contributed by atoms with E-state index in [0.717, 1.165) is 5.56 Å². The Balaban J connectivity index is 2.14. The van der Waals surface area contributed by atoms with E-state index in [1.807, 2.05) is 6.92 Å². The molecule has 2 aromatic carbocycles. The third-order valence-corrected chi connectivity index (χ3v) is 2.86. The smallest absolute Gasteiger partial charge is 0.170 e. The monoisotopic (exact) mass is 263 g/mol. The third-order valence-electron chi connectivity index (χ3n) is 2.86. The molecule has 0 aromatic heterocycles. The van der Waals surface area contributed by atoms with Crippen LogP contribution in [0, 0.1) is 18.6 Å². The van der Waals surface area contributed by atoms with Crippen molar-refractivity contribution in [1.29, 1.82) is 0 Å². The van der Waals surface area contributed by atoms with Gasteiger partial charge in [-0.25, -0.2) is 8.78 Å². The van der Waals surface area contributed by atoms with Crippen molar-refractivity contribution in [3.63, 3.8) is 0 Å². The molecule has 0 spiro atoms. The first kappa shape index (κ1) is 13.3. The Kier molecular flexibility index (Phi) is 4.00. The van der Waals surface area contributed by atoms with Crippen molar-refractivity contribution in [2.75, 3.05) is 12.4 Å². The zero-order chi connectivity index (χ0) is 13.8. The molecule has 0 fully saturated rings. The molecule has 19 heavy (non-hydrogen) atoms. The van der Waals surface area contributed by atoms with Crippen LogP contribution in [0.2, 0.25) is 0 Å². The van der Waals surface area contributed by atoms with Gasteiger partial charge in [-0.2, -0.15) is 0 Å². The van der Waals surface area contributed by atoms with Crippen LogP contribution >= 0.6 is 0 Å². The lowest BCUT2D eigenvalue weighted by molar-refractivity contribution is 0.384. The summed E-state index contributed by atoms with van der Waals surface area (Å²) in [7, 11) is 1.41. The molecule has 0 atom stereocenters. The summed E-state index contributed by atoms with van der Waals surface area (Å²) in [6.07, 6.45) is 0. The highest BCUT2D eigenvalue weighted by molar-refractivity contribution is 5.47. The van der Waals surface area contributed by atoms with Crippen molar-refractivity contribution in [3.05, 3.63) is 59.2 Å². The van der Waals surface area contributed by atoms with Crippen molar-refractivity contribution >= 4 is 5.69 Å². The number of ether oxygens (including phenoxy) is 1. The van der Waals surface area contributed by atoms with E-state index in [1.54, 1.807) is 30.3 Å². The van der Waals surface area contributed by atoms with Gasteiger partial charge in [-0.15, -0.1) is 0 Å². The minimum atomic E-state index is -0.426. The van der Waals surface area contributed by atoms with E-state index in [1.165, 1.54) is 13.2 Å². The van der Waals surface area contributed by atoms with Gasteiger partial charge in [-0.05, 0) is 30.7 Å². The average molecular weight is 263 g/mol. The SMILES string of the molecule is COc1cccc(CNc2ccc(C)cc2F)c1F. The molecule has 2 rings (SSSR count). The van der Waals surface area contributed by atoms with E-state index in [4.69, 9.17) is 4.74 Å². The maximum atomic E-state index is 13.9. The lowest BCUT2D eigenvalue weighted by Gasteiger charge is -2.10. The molecule has 0 aliphatic carbocycles. The van der Waals surface area contributed by atoms with Gasteiger partial charge >= 0.3 is 0 Å². The Morgan fingerprint density at radius 3 is 2.63 bits per heavy atom. The number of hydrogen-bond acceptors (Lipinski definition) is 2. The van der Waals surface area contributed by atoms with Crippen molar-refractivity contribution in [2.24, 2.45) is 0 Å². The van der Waals surface area contributed by atoms with Crippen LogP contribution < -0.4 is 10.1 Å². The van der Waals surface area contributed by atoms with Crippen LogP contribution in [-0.4, -0.2) is 7.11 Å². The Morgan fingerprint density at radius 2 is 1.95 bits per heavy atom. The van der Waals surface area contributed by atoms with Gasteiger partial charge in [0.2, 0.25) is 0 Å². The first-order chi connectivity index (χ1) is 9.11. The van der Waals surface area contributed by atoms with Gasteiger partial charge in [0.05, 0.1) is 12.8 Å². The highest BCUT2D eigenvalue weighted by Crippen LogP contribution is 2.22. The van der Waals surface area contributed by atoms with Gasteiger partial charge in [-0.1, -0.05) is 18.2 Å². The molecule has 2 aromatic rings. The molecular formula is C15H15F2NO. The number of nitrogens with one attached hydrogen (secondary N) is 1. The van der Waals surface area contributed by atoms with Crippen molar-refractivity contribution in [1.82, 2.24) is 0 Å². The molecule has 0 saturated carbocycles. The molecule has 4 heteroatoms. The molecule has 0 heterocycles. The van der Waals surface area contributed by atoms with Crippen LogP contribution in [0.5, 0.6) is 5.75 Å². The molecule has 0 bridgehead atoms.